The lowest BCUT2D eigenvalue weighted by Crippen LogP contribution is -2.57. The van der Waals surface area contributed by atoms with Gasteiger partial charge in [-0.2, -0.15) is 0 Å². The Kier molecular flexibility index (Phi) is 6.02. The largest absolute Gasteiger partial charge is 0.368 e. The van der Waals surface area contributed by atoms with Crippen LogP contribution in [0.2, 0.25) is 0 Å². The third kappa shape index (κ3) is 5.06. The van der Waals surface area contributed by atoms with E-state index in [1.165, 1.54) is 6.42 Å². The number of carbonyl (C=O) groups excluding carboxylic acids is 1. The normalized spacial score (nSPS) is 21.8. The van der Waals surface area contributed by atoms with Gasteiger partial charge in [0.1, 0.15) is 0 Å². The van der Waals surface area contributed by atoms with Gasteiger partial charge in [-0.3, -0.25) is 4.79 Å². The summed E-state index contributed by atoms with van der Waals surface area (Å²) < 4.78 is 0. The smallest absolute Gasteiger partial charge is 0.237 e. The standard InChI is InChI=1S/C16H33N3O/c1-11(2)9-12(3)19(6)13(4)10-16(5,15(17)20)18-14-7-8-14/h11-14,18H,7-10H2,1-6H3,(H2,17,20). The maximum atomic E-state index is 11.8. The predicted octanol–water partition coefficient (Wildman–Crippen LogP) is 2.13. The number of amides is 1. The summed E-state index contributed by atoms with van der Waals surface area (Å²) in [6.45, 7) is 10.9. The van der Waals surface area contributed by atoms with Crippen molar-refractivity contribution in [1.29, 1.82) is 0 Å². The third-order valence-corrected chi connectivity index (χ3v) is 4.55. The van der Waals surface area contributed by atoms with E-state index in [9.17, 15) is 4.79 Å². The second kappa shape index (κ2) is 6.90. The highest BCUT2D eigenvalue weighted by atomic mass is 16.1. The Morgan fingerprint density at radius 1 is 1.30 bits per heavy atom. The summed E-state index contributed by atoms with van der Waals surface area (Å²) in [4.78, 5) is 14.2. The first-order chi connectivity index (χ1) is 9.15. The Morgan fingerprint density at radius 3 is 2.25 bits per heavy atom. The maximum absolute atomic E-state index is 11.8. The molecule has 0 bridgehead atoms. The number of primary amides is 1. The molecule has 3 unspecified atom stereocenters. The van der Waals surface area contributed by atoms with E-state index >= 15 is 0 Å². The molecule has 0 saturated heterocycles. The Morgan fingerprint density at radius 2 is 1.85 bits per heavy atom. The molecule has 4 nitrogen and oxygen atoms in total. The molecule has 1 aliphatic rings. The fourth-order valence-corrected chi connectivity index (χ4v) is 2.93. The van der Waals surface area contributed by atoms with Crippen LogP contribution < -0.4 is 11.1 Å². The van der Waals surface area contributed by atoms with Crippen LogP contribution in [0, 0.1) is 5.92 Å². The van der Waals surface area contributed by atoms with E-state index in [1.54, 1.807) is 0 Å². The second-order valence-electron chi connectivity index (χ2n) is 7.31. The predicted molar refractivity (Wildman–Crippen MR) is 84.5 cm³/mol. The van der Waals surface area contributed by atoms with E-state index in [0.717, 1.165) is 19.3 Å². The highest BCUT2D eigenvalue weighted by Crippen LogP contribution is 2.26. The molecule has 1 aliphatic carbocycles. The van der Waals surface area contributed by atoms with E-state index in [2.05, 4.69) is 45.0 Å². The SMILES string of the molecule is CC(C)CC(C)N(C)C(C)CC(C)(NC1CC1)C(N)=O. The number of nitrogens with two attached hydrogens (primary N) is 1. The van der Waals surface area contributed by atoms with Gasteiger partial charge < -0.3 is 16.0 Å². The van der Waals surface area contributed by atoms with Crippen molar-refractivity contribution in [3.63, 3.8) is 0 Å². The van der Waals surface area contributed by atoms with Crippen molar-refractivity contribution < 1.29 is 4.79 Å². The van der Waals surface area contributed by atoms with Crippen LogP contribution in [-0.4, -0.2) is 41.5 Å². The van der Waals surface area contributed by atoms with Crippen LogP contribution in [0.3, 0.4) is 0 Å². The van der Waals surface area contributed by atoms with Crippen LogP contribution in [0.5, 0.6) is 0 Å². The summed E-state index contributed by atoms with van der Waals surface area (Å²) in [6.07, 6.45) is 4.26. The first-order valence-corrected chi connectivity index (χ1v) is 7.95. The van der Waals surface area contributed by atoms with Crippen LogP contribution in [-0.2, 0) is 4.79 Å². The van der Waals surface area contributed by atoms with Gasteiger partial charge in [-0.25, -0.2) is 0 Å². The lowest BCUT2D eigenvalue weighted by Gasteiger charge is -2.37. The number of nitrogens with zero attached hydrogens (tertiary/aromatic N) is 1. The quantitative estimate of drug-likeness (QED) is 0.681. The van der Waals surface area contributed by atoms with Crippen LogP contribution >= 0.6 is 0 Å². The summed E-state index contributed by atoms with van der Waals surface area (Å²) in [7, 11) is 2.15. The van der Waals surface area contributed by atoms with Gasteiger partial charge >= 0.3 is 0 Å². The fourth-order valence-electron chi connectivity index (χ4n) is 2.93. The van der Waals surface area contributed by atoms with Gasteiger partial charge in [0.2, 0.25) is 5.91 Å². The van der Waals surface area contributed by atoms with Gasteiger partial charge in [0.05, 0.1) is 5.54 Å². The van der Waals surface area contributed by atoms with Crippen LogP contribution in [0.1, 0.15) is 60.3 Å². The highest BCUT2D eigenvalue weighted by Gasteiger charge is 2.38. The minimum Gasteiger partial charge on any atom is -0.368 e. The molecular weight excluding hydrogens is 250 g/mol. The van der Waals surface area contributed by atoms with Crippen molar-refractivity contribution in [1.82, 2.24) is 10.2 Å². The van der Waals surface area contributed by atoms with Crippen molar-refractivity contribution >= 4 is 5.91 Å². The minimum atomic E-state index is -0.591. The third-order valence-electron chi connectivity index (χ3n) is 4.55. The molecule has 0 aromatic carbocycles. The summed E-state index contributed by atoms with van der Waals surface area (Å²) in [5.41, 5.74) is 5.04. The average molecular weight is 283 g/mol. The van der Waals surface area contributed by atoms with Gasteiger partial charge in [0.25, 0.3) is 0 Å². The van der Waals surface area contributed by atoms with E-state index in [0.29, 0.717) is 24.0 Å². The van der Waals surface area contributed by atoms with Gasteiger partial charge in [0.15, 0.2) is 0 Å². The number of rotatable bonds is 9. The zero-order valence-corrected chi connectivity index (χ0v) is 14.1. The molecule has 0 spiro atoms. The van der Waals surface area contributed by atoms with Gasteiger partial charge in [-0.1, -0.05) is 13.8 Å². The van der Waals surface area contributed by atoms with Crippen LogP contribution in [0.15, 0.2) is 0 Å². The fraction of sp³-hybridized carbons (Fsp3) is 0.938. The van der Waals surface area contributed by atoms with Crippen molar-refractivity contribution in [2.75, 3.05) is 7.05 Å². The molecule has 1 amide bonds. The molecule has 0 aromatic heterocycles. The highest BCUT2D eigenvalue weighted by molar-refractivity contribution is 5.84. The molecule has 1 rings (SSSR count). The zero-order chi connectivity index (χ0) is 15.5. The van der Waals surface area contributed by atoms with E-state index in [1.807, 2.05) is 6.92 Å². The molecule has 0 heterocycles. The molecule has 0 aliphatic heterocycles. The van der Waals surface area contributed by atoms with Crippen molar-refractivity contribution in [3.8, 4) is 0 Å². The number of carbonyl (C=O) groups is 1. The Balaban J connectivity index is 2.60. The van der Waals surface area contributed by atoms with E-state index in [-0.39, 0.29) is 5.91 Å². The molecule has 0 aromatic rings. The minimum absolute atomic E-state index is 0.235. The van der Waals surface area contributed by atoms with Crippen molar-refractivity contribution in [3.05, 3.63) is 0 Å². The maximum Gasteiger partial charge on any atom is 0.237 e. The molecule has 1 saturated carbocycles. The number of nitrogens with one attached hydrogen (secondary N) is 1. The number of hydrogen-bond acceptors (Lipinski definition) is 3. The van der Waals surface area contributed by atoms with E-state index in [4.69, 9.17) is 5.73 Å². The zero-order valence-electron chi connectivity index (χ0n) is 14.1. The summed E-state index contributed by atoms with van der Waals surface area (Å²) in [5, 5.41) is 3.43. The molecule has 3 N–H and O–H groups in total. The Bertz CT molecular complexity index is 328. The van der Waals surface area contributed by atoms with Crippen LogP contribution in [0.4, 0.5) is 0 Å². The topological polar surface area (TPSA) is 58.4 Å². The van der Waals surface area contributed by atoms with Crippen LogP contribution in [0.25, 0.3) is 0 Å². The summed E-state index contributed by atoms with van der Waals surface area (Å²) in [5.74, 6) is 0.452. The second-order valence-corrected chi connectivity index (χ2v) is 7.31. The van der Waals surface area contributed by atoms with Gasteiger partial charge in [0, 0.05) is 18.1 Å². The number of hydrogen-bond donors (Lipinski definition) is 2. The molecule has 0 radical (unpaired) electrons. The Hall–Kier alpha value is -0.610. The Labute approximate surface area is 124 Å². The molecule has 4 heteroatoms. The molecule has 20 heavy (non-hydrogen) atoms. The first kappa shape index (κ1) is 17.4. The lowest BCUT2D eigenvalue weighted by atomic mass is 9.91. The molecule has 1 fully saturated rings. The molecule has 118 valence electrons. The van der Waals surface area contributed by atoms with Crippen molar-refractivity contribution in [2.45, 2.75) is 84.0 Å². The molecular formula is C16H33N3O. The molecule has 3 atom stereocenters. The van der Waals surface area contributed by atoms with Crippen molar-refractivity contribution in [2.24, 2.45) is 11.7 Å². The monoisotopic (exact) mass is 283 g/mol. The first-order valence-electron chi connectivity index (χ1n) is 7.95. The van der Waals surface area contributed by atoms with E-state index < -0.39 is 5.54 Å². The summed E-state index contributed by atoms with van der Waals surface area (Å²) >= 11 is 0. The van der Waals surface area contributed by atoms with Gasteiger partial charge in [-0.15, -0.1) is 0 Å². The van der Waals surface area contributed by atoms with Gasteiger partial charge in [-0.05, 0) is 59.4 Å². The average Bonchev–Trinajstić information content (AvgIpc) is 3.10. The lowest BCUT2D eigenvalue weighted by molar-refractivity contribution is -0.124. The summed E-state index contributed by atoms with van der Waals surface area (Å²) in [6, 6.07) is 1.33.